The highest BCUT2D eigenvalue weighted by molar-refractivity contribution is 5.79. The number of hydrogen-bond donors (Lipinski definition) is 0. The molecule has 0 atom stereocenters. The zero-order valence-corrected chi connectivity index (χ0v) is 22.7. The minimum absolute atomic E-state index is 0.233. The molecule has 38 heavy (non-hydrogen) atoms. The van der Waals surface area contributed by atoms with E-state index in [1.807, 2.05) is 29.7 Å². The molecule has 7 rings (SSSR count). The van der Waals surface area contributed by atoms with Crippen LogP contribution in [0.15, 0.2) is 24.5 Å². The van der Waals surface area contributed by atoms with Crippen molar-refractivity contribution >= 4 is 17.4 Å². The molecule has 3 aliphatic heterocycles. The van der Waals surface area contributed by atoms with Crippen molar-refractivity contribution in [3.63, 3.8) is 0 Å². The summed E-state index contributed by atoms with van der Waals surface area (Å²) in [6, 6.07) is 5.27. The molecule has 5 heterocycles. The summed E-state index contributed by atoms with van der Waals surface area (Å²) < 4.78 is 9.90. The van der Waals surface area contributed by atoms with Crippen LogP contribution in [0.1, 0.15) is 79.8 Å². The Labute approximate surface area is 224 Å². The summed E-state index contributed by atoms with van der Waals surface area (Å²) in [6.07, 6.45) is 12.3. The first kappa shape index (κ1) is 23.9. The van der Waals surface area contributed by atoms with E-state index in [-0.39, 0.29) is 5.91 Å². The first-order valence-electron chi connectivity index (χ1n) is 14.5. The molecule has 1 saturated carbocycles. The predicted molar refractivity (Wildman–Crippen MR) is 147 cm³/mol. The van der Waals surface area contributed by atoms with Gasteiger partial charge in [0.15, 0.2) is 5.82 Å². The van der Waals surface area contributed by atoms with Crippen molar-refractivity contribution in [3.8, 4) is 11.1 Å². The Morgan fingerprint density at radius 1 is 1.11 bits per heavy atom. The van der Waals surface area contributed by atoms with Gasteiger partial charge in [-0.2, -0.15) is 10.2 Å². The van der Waals surface area contributed by atoms with Crippen LogP contribution in [0, 0.1) is 0 Å². The van der Waals surface area contributed by atoms with Gasteiger partial charge in [-0.1, -0.05) is 6.92 Å². The van der Waals surface area contributed by atoms with Crippen LogP contribution in [-0.2, 0) is 36.0 Å². The van der Waals surface area contributed by atoms with Gasteiger partial charge in [0.05, 0.1) is 18.8 Å². The number of carbonyl (C=O) groups is 1. The number of anilines is 2. The SMILES string of the molecule is CCC(=O)N1CCc2c(c(N3CCCc4cc(-c5cnn(C)c5)c(C5CC5)cc43)nn2C2CCOCC2)C1. The zero-order valence-electron chi connectivity index (χ0n) is 22.7. The summed E-state index contributed by atoms with van der Waals surface area (Å²) in [4.78, 5) is 17.2. The average Bonchev–Trinajstić information content (AvgIpc) is 3.61. The lowest BCUT2D eigenvalue weighted by Gasteiger charge is -2.33. The molecule has 4 aliphatic rings. The first-order chi connectivity index (χ1) is 18.6. The molecule has 8 heteroatoms. The summed E-state index contributed by atoms with van der Waals surface area (Å²) >= 11 is 0. The molecule has 8 nitrogen and oxygen atoms in total. The van der Waals surface area contributed by atoms with Crippen LogP contribution >= 0.6 is 0 Å². The third kappa shape index (κ3) is 4.13. The van der Waals surface area contributed by atoms with E-state index in [0.717, 1.165) is 64.2 Å². The van der Waals surface area contributed by atoms with E-state index < -0.39 is 0 Å². The summed E-state index contributed by atoms with van der Waals surface area (Å²) in [5.74, 6) is 1.93. The highest BCUT2D eigenvalue weighted by atomic mass is 16.5. The lowest BCUT2D eigenvalue weighted by Crippen LogP contribution is -2.37. The minimum atomic E-state index is 0.233. The number of ether oxygens (including phenoxy) is 1. The number of benzene rings is 1. The fourth-order valence-corrected chi connectivity index (χ4v) is 6.72. The van der Waals surface area contributed by atoms with Crippen molar-refractivity contribution in [1.82, 2.24) is 24.5 Å². The number of amides is 1. The molecule has 1 aromatic carbocycles. The maximum atomic E-state index is 12.7. The molecule has 0 bridgehead atoms. The van der Waals surface area contributed by atoms with Crippen LogP contribution in [0.25, 0.3) is 11.1 Å². The van der Waals surface area contributed by atoms with Gasteiger partial charge in [-0.05, 0) is 73.3 Å². The number of carbonyl (C=O) groups excluding carboxylic acids is 1. The van der Waals surface area contributed by atoms with Crippen molar-refractivity contribution in [2.75, 3.05) is 31.2 Å². The second kappa shape index (κ2) is 9.56. The monoisotopic (exact) mass is 514 g/mol. The van der Waals surface area contributed by atoms with Gasteiger partial charge in [-0.15, -0.1) is 0 Å². The van der Waals surface area contributed by atoms with Crippen molar-refractivity contribution < 1.29 is 9.53 Å². The fourth-order valence-electron chi connectivity index (χ4n) is 6.72. The van der Waals surface area contributed by atoms with Crippen LogP contribution in [0.2, 0.25) is 0 Å². The van der Waals surface area contributed by atoms with Gasteiger partial charge in [0, 0.05) is 74.9 Å². The highest BCUT2D eigenvalue weighted by Gasteiger charge is 2.35. The summed E-state index contributed by atoms with van der Waals surface area (Å²) in [7, 11) is 1.99. The second-order valence-electron chi connectivity index (χ2n) is 11.5. The minimum Gasteiger partial charge on any atom is -0.381 e. The van der Waals surface area contributed by atoms with E-state index in [2.05, 4.69) is 33.0 Å². The maximum Gasteiger partial charge on any atom is 0.222 e. The van der Waals surface area contributed by atoms with Gasteiger partial charge in [0.25, 0.3) is 0 Å². The molecule has 0 spiro atoms. The van der Waals surface area contributed by atoms with Crippen LogP contribution in [0.5, 0.6) is 0 Å². The standard InChI is InChI=1S/C30H38N6O2/c1-3-29(37)34-12-8-27-26(19-34)30(32-36(27)23-9-13-38-14-10-23)35-11-4-5-21-15-24(22-17-31-33(2)18-22)25(16-28(21)35)20-6-7-20/h15-18,20,23H,3-14,19H2,1-2H3. The molecule has 0 N–H and O–H groups in total. The molecule has 1 aliphatic carbocycles. The molecule has 2 fully saturated rings. The topological polar surface area (TPSA) is 68.4 Å². The predicted octanol–water partition coefficient (Wildman–Crippen LogP) is 4.89. The Bertz CT molecular complexity index is 1360. The van der Waals surface area contributed by atoms with Crippen molar-refractivity contribution in [3.05, 3.63) is 46.9 Å². The lowest BCUT2D eigenvalue weighted by molar-refractivity contribution is -0.131. The van der Waals surface area contributed by atoms with Crippen molar-refractivity contribution in [2.45, 2.75) is 76.8 Å². The average molecular weight is 515 g/mol. The molecule has 1 amide bonds. The number of aromatic nitrogens is 4. The smallest absolute Gasteiger partial charge is 0.222 e. The number of rotatable bonds is 5. The van der Waals surface area contributed by atoms with Crippen LogP contribution in [-0.4, -0.2) is 56.7 Å². The largest absolute Gasteiger partial charge is 0.381 e. The highest BCUT2D eigenvalue weighted by Crippen LogP contribution is 2.48. The van der Waals surface area contributed by atoms with Crippen LogP contribution < -0.4 is 4.90 Å². The normalized spacial score (nSPS) is 19.9. The van der Waals surface area contributed by atoms with E-state index in [4.69, 9.17) is 9.84 Å². The Kier molecular flexibility index (Phi) is 6.02. The van der Waals surface area contributed by atoms with Gasteiger partial charge in [0.1, 0.15) is 0 Å². The molecule has 3 aromatic rings. The number of hydrogen-bond acceptors (Lipinski definition) is 5. The molecule has 1 saturated heterocycles. The van der Waals surface area contributed by atoms with E-state index in [0.29, 0.717) is 24.9 Å². The van der Waals surface area contributed by atoms with Gasteiger partial charge >= 0.3 is 0 Å². The van der Waals surface area contributed by atoms with Gasteiger partial charge in [-0.25, -0.2) is 0 Å². The summed E-state index contributed by atoms with van der Waals surface area (Å²) in [5, 5.41) is 9.83. The van der Waals surface area contributed by atoms with E-state index in [9.17, 15) is 4.79 Å². The molecule has 0 radical (unpaired) electrons. The first-order valence-corrected chi connectivity index (χ1v) is 14.5. The quantitative estimate of drug-likeness (QED) is 0.485. The van der Waals surface area contributed by atoms with Gasteiger partial charge < -0.3 is 14.5 Å². The zero-order chi connectivity index (χ0) is 25.8. The van der Waals surface area contributed by atoms with E-state index >= 15 is 0 Å². The Hall–Kier alpha value is -3.13. The maximum absolute atomic E-state index is 12.7. The Balaban J connectivity index is 1.33. The molecular weight excluding hydrogens is 476 g/mol. The van der Waals surface area contributed by atoms with Crippen LogP contribution in [0.3, 0.4) is 0 Å². The van der Waals surface area contributed by atoms with E-state index in [1.54, 1.807) is 0 Å². The van der Waals surface area contributed by atoms with Gasteiger partial charge in [-0.3, -0.25) is 14.2 Å². The summed E-state index contributed by atoms with van der Waals surface area (Å²) in [5.41, 5.74) is 9.29. The molecule has 200 valence electrons. The number of fused-ring (bicyclic) bond motifs is 2. The molecule has 0 unspecified atom stereocenters. The van der Waals surface area contributed by atoms with E-state index in [1.165, 1.54) is 52.0 Å². The van der Waals surface area contributed by atoms with Crippen molar-refractivity contribution in [2.24, 2.45) is 7.05 Å². The Morgan fingerprint density at radius 3 is 2.68 bits per heavy atom. The third-order valence-electron chi connectivity index (χ3n) is 8.91. The third-order valence-corrected chi connectivity index (χ3v) is 8.91. The number of nitrogens with zero attached hydrogens (tertiary/aromatic N) is 6. The fraction of sp³-hybridized carbons (Fsp3) is 0.567. The lowest BCUT2D eigenvalue weighted by atomic mass is 9.91. The van der Waals surface area contributed by atoms with Crippen molar-refractivity contribution in [1.29, 1.82) is 0 Å². The second-order valence-corrected chi connectivity index (χ2v) is 11.5. The molecular formula is C30H38N6O2. The van der Waals surface area contributed by atoms with Crippen LogP contribution in [0.4, 0.5) is 11.5 Å². The summed E-state index contributed by atoms with van der Waals surface area (Å²) in [6.45, 7) is 5.96. The Morgan fingerprint density at radius 2 is 1.95 bits per heavy atom. The number of aryl methyl sites for hydroxylation is 2. The molecule has 2 aromatic heterocycles. The van der Waals surface area contributed by atoms with Gasteiger partial charge in [0.2, 0.25) is 5.91 Å².